The number of allylic oxidation sites excluding steroid dienone is 1. The number of anilines is 1. The van der Waals surface area contributed by atoms with Crippen LogP contribution in [0, 0.1) is 15.9 Å². The lowest BCUT2D eigenvalue weighted by atomic mass is 10.1. The minimum atomic E-state index is -0.605. The fraction of sp³-hybridized carbons (Fsp3) is 0.148. The number of rotatable bonds is 11. The molecular formula is C27H25FN2O7. The van der Waals surface area contributed by atoms with Gasteiger partial charge in [-0.25, -0.2) is 4.39 Å². The topological polar surface area (TPSA) is 109 Å². The molecule has 37 heavy (non-hydrogen) atoms. The molecule has 0 spiro atoms. The first kappa shape index (κ1) is 26.7. The van der Waals surface area contributed by atoms with E-state index in [1.54, 1.807) is 30.4 Å². The molecule has 0 heterocycles. The highest BCUT2D eigenvalue weighted by atomic mass is 19.1. The number of nitro benzene ring substituents is 1. The first-order valence-electron chi connectivity index (χ1n) is 10.9. The highest BCUT2D eigenvalue weighted by Crippen LogP contribution is 2.39. The van der Waals surface area contributed by atoms with Gasteiger partial charge in [-0.05, 0) is 47.5 Å². The molecule has 1 N–H and O–H groups in total. The van der Waals surface area contributed by atoms with Crippen LogP contribution in [0.15, 0.2) is 60.8 Å². The number of carbonyl (C=O) groups is 1. The minimum absolute atomic E-state index is 0.0302. The summed E-state index contributed by atoms with van der Waals surface area (Å²) in [5, 5.41) is 13.6. The fourth-order valence-corrected chi connectivity index (χ4v) is 3.47. The van der Waals surface area contributed by atoms with Gasteiger partial charge in [-0.2, -0.15) is 0 Å². The molecule has 0 bridgehead atoms. The van der Waals surface area contributed by atoms with Crippen molar-refractivity contribution in [2.45, 2.75) is 0 Å². The van der Waals surface area contributed by atoms with Crippen molar-refractivity contribution in [1.29, 1.82) is 0 Å². The highest BCUT2D eigenvalue weighted by molar-refractivity contribution is 6.04. The molecule has 0 amide bonds. The van der Waals surface area contributed by atoms with Crippen molar-refractivity contribution in [3.63, 3.8) is 0 Å². The monoisotopic (exact) mass is 508 g/mol. The summed E-state index contributed by atoms with van der Waals surface area (Å²) in [5.41, 5.74) is 1.69. The van der Waals surface area contributed by atoms with Gasteiger partial charge in [0.15, 0.2) is 28.8 Å². The Morgan fingerprint density at radius 3 is 1.95 bits per heavy atom. The number of halogens is 1. The number of ketones is 1. The van der Waals surface area contributed by atoms with Crippen LogP contribution in [0.1, 0.15) is 21.5 Å². The zero-order chi connectivity index (χ0) is 26.9. The molecule has 10 heteroatoms. The molecule has 3 aromatic rings. The minimum Gasteiger partial charge on any atom is -0.493 e. The Bertz CT molecular complexity index is 1330. The molecule has 0 aliphatic rings. The van der Waals surface area contributed by atoms with E-state index in [0.29, 0.717) is 28.5 Å². The summed E-state index contributed by atoms with van der Waals surface area (Å²) in [5.74, 6) is 0.393. The molecule has 0 fully saturated rings. The van der Waals surface area contributed by atoms with Crippen LogP contribution in [0.5, 0.6) is 23.0 Å². The van der Waals surface area contributed by atoms with Crippen molar-refractivity contribution in [3.8, 4) is 23.0 Å². The molecule has 0 aliphatic carbocycles. The van der Waals surface area contributed by atoms with Crippen LogP contribution in [-0.2, 0) is 0 Å². The molecule has 0 saturated heterocycles. The maximum atomic E-state index is 14.7. The second-order valence-electron chi connectivity index (χ2n) is 7.52. The predicted octanol–water partition coefficient (Wildman–Crippen LogP) is 5.75. The van der Waals surface area contributed by atoms with Crippen molar-refractivity contribution in [3.05, 3.63) is 93.4 Å². The Labute approximate surface area is 212 Å². The molecule has 192 valence electrons. The van der Waals surface area contributed by atoms with E-state index in [4.69, 9.17) is 18.9 Å². The lowest BCUT2D eigenvalue weighted by molar-refractivity contribution is -0.384. The van der Waals surface area contributed by atoms with E-state index < -0.39 is 10.7 Å². The van der Waals surface area contributed by atoms with Gasteiger partial charge in [0.05, 0.1) is 39.0 Å². The van der Waals surface area contributed by atoms with E-state index in [2.05, 4.69) is 5.32 Å². The summed E-state index contributed by atoms with van der Waals surface area (Å²) < 4.78 is 35.9. The maximum Gasteiger partial charge on any atom is 0.269 e. The lowest BCUT2D eigenvalue weighted by Gasteiger charge is -2.13. The van der Waals surface area contributed by atoms with Gasteiger partial charge in [-0.3, -0.25) is 14.9 Å². The molecule has 3 rings (SSSR count). The number of non-ortho nitro benzene ring substituents is 1. The summed E-state index contributed by atoms with van der Waals surface area (Å²) in [6.07, 6.45) is 6.02. The fourth-order valence-electron chi connectivity index (χ4n) is 3.47. The molecule has 0 saturated carbocycles. The standard InChI is InChI=1S/C27H25FN2O7/c1-34-24-15-18(16-25(35-2)27(24)37-4)6-5-17-13-21(28)26(36-3)22(14-17)29-12-11-23(31)19-7-9-20(10-8-19)30(32)33/h5-16,29H,1-4H3. The van der Waals surface area contributed by atoms with Gasteiger partial charge in [0.1, 0.15) is 0 Å². The van der Waals surface area contributed by atoms with Crippen molar-refractivity contribution in [1.82, 2.24) is 0 Å². The van der Waals surface area contributed by atoms with Gasteiger partial charge in [0, 0.05) is 30.0 Å². The first-order chi connectivity index (χ1) is 17.8. The molecule has 0 unspecified atom stereocenters. The zero-order valence-corrected chi connectivity index (χ0v) is 20.6. The molecule has 0 aromatic heterocycles. The maximum absolute atomic E-state index is 14.7. The average molecular weight is 509 g/mol. The number of hydrogen-bond acceptors (Lipinski definition) is 8. The number of hydrogen-bond donors (Lipinski definition) is 1. The van der Waals surface area contributed by atoms with Crippen LogP contribution in [0.25, 0.3) is 12.2 Å². The van der Waals surface area contributed by atoms with Crippen LogP contribution in [0.3, 0.4) is 0 Å². The number of nitrogens with zero attached hydrogens (tertiary/aromatic N) is 1. The molecule has 9 nitrogen and oxygen atoms in total. The van der Waals surface area contributed by atoms with Crippen molar-refractivity contribution in [2.75, 3.05) is 33.8 Å². The number of ether oxygens (including phenoxy) is 4. The van der Waals surface area contributed by atoms with E-state index in [1.807, 2.05) is 0 Å². The van der Waals surface area contributed by atoms with E-state index >= 15 is 0 Å². The average Bonchev–Trinajstić information content (AvgIpc) is 2.91. The van der Waals surface area contributed by atoms with E-state index in [1.165, 1.54) is 71.0 Å². The lowest BCUT2D eigenvalue weighted by Crippen LogP contribution is -1.99. The Morgan fingerprint density at radius 1 is 0.865 bits per heavy atom. The molecule has 3 aromatic carbocycles. The van der Waals surface area contributed by atoms with Crippen molar-refractivity contribution >= 4 is 29.3 Å². The van der Waals surface area contributed by atoms with E-state index in [9.17, 15) is 19.3 Å². The second-order valence-corrected chi connectivity index (χ2v) is 7.52. The van der Waals surface area contributed by atoms with Crippen LogP contribution in [-0.4, -0.2) is 39.1 Å². The Morgan fingerprint density at radius 2 is 1.43 bits per heavy atom. The van der Waals surface area contributed by atoms with E-state index in [0.717, 1.165) is 5.56 Å². The van der Waals surface area contributed by atoms with Crippen molar-refractivity contribution < 1.29 is 33.1 Å². The largest absolute Gasteiger partial charge is 0.493 e. The van der Waals surface area contributed by atoms with E-state index in [-0.39, 0.29) is 22.8 Å². The number of carbonyl (C=O) groups excluding carboxylic acids is 1. The predicted molar refractivity (Wildman–Crippen MR) is 138 cm³/mol. The number of benzene rings is 3. The molecular weight excluding hydrogens is 483 g/mol. The molecule has 0 aliphatic heterocycles. The zero-order valence-electron chi connectivity index (χ0n) is 20.6. The number of nitro groups is 1. The van der Waals surface area contributed by atoms with Crippen LogP contribution >= 0.6 is 0 Å². The summed E-state index contributed by atoms with van der Waals surface area (Å²) in [4.78, 5) is 22.6. The van der Waals surface area contributed by atoms with Gasteiger partial charge in [-0.1, -0.05) is 12.2 Å². The van der Waals surface area contributed by atoms with Crippen LogP contribution in [0.4, 0.5) is 15.8 Å². The normalized spacial score (nSPS) is 10.9. The molecule has 0 radical (unpaired) electrons. The van der Waals surface area contributed by atoms with Gasteiger partial charge < -0.3 is 24.3 Å². The number of nitrogens with one attached hydrogen (secondary N) is 1. The Kier molecular flexibility index (Phi) is 8.82. The third-order valence-corrected chi connectivity index (χ3v) is 5.26. The molecule has 0 atom stereocenters. The van der Waals surface area contributed by atoms with Gasteiger partial charge in [-0.15, -0.1) is 0 Å². The first-order valence-corrected chi connectivity index (χ1v) is 10.9. The second kappa shape index (κ2) is 12.2. The van der Waals surface area contributed by atoms with Crippen molar-refractivity contribution in [2.24, 2.45) is 0 Å². The Hall–Kier alpha value is -4.86. The highest BCUT2D eigenvalue weighted by Gasteiger charge is 2.13. The summed E-state index contributed by atoms with van der Waals surface area (Å²) >= 11 is 0. The van der Waals surface area contributed by atoms with Gasteiger partial charge in [0.25, 0.3) is 5.69 Å². The summed E-state index contributed by atoms with van der Waals surface area (Å²) in [7, 11) is 5.88. The van der Waals surface area contributed by atoms with Crippen LogP contribution < -0.4 is 24.3 Å². The number of methoxy groups -OCH3 is 4. The van der Waals surface area contributed by atoms with Gasteiger partial charge >= 0.3 is 0 Å². The summed E-state index contributed by atoms with van der Waals surface area (Å²) in [6.45, 7) is 0. The smallest absolute Gasteiger partial charge is 0.269 e. The SMILES string of the molecule is COc1cc(C=Cc2cc(F)c(OC)c(NC=CC(=O)c3ccc([N+](=O)[O-])cc3)c2)cc(OC)c1OC. The van der Waals surface area contributed by atoms with Gasteiger partial charge in [0.2, 0.25) is 5.75 Å². The third-order valence-electron chi connectivity index (χ3n) is 5.26. The van der Waals surface area contributed by atoms with Crippen LogP contribution in [0.2, 0.25) is 0 Å². The third kappa shape index (κ3) is 6.43. The Balaban J connectivity index is 1.83. The quantitative estimate of drug-likeness (QED) is 0.115. The summed E-state index contributed by atoms with van der Waals surface area (Å²) in [6, 6.07) is 11.7.